The summed E-state index contributed by atoms with van der Waals surface area (Å²) in [7, 11) is 0. The molecule has 1 aromatic heterocycles. The minimum atomic E-state index is -0.471. The number of rotatable bonds is 5. The first-order valence-corrected chi connectivity index (χ1v) is 34.2. The van der Waals surface area contributed by atoms with Crippen LogP contribution in [-0.2, 0) is 16.2 Å². The number of para-hydroxylation sites is 2. The van der Waals surface area contributed by atoms with Crippen LogP contribution >= 0.6 is 0 Å². The molecule has 0 saturated carbocycles. The maximum Gasteiger partial charge on any atom is 0.0725 e. The van der Waals surface area contributed by atoms with E-state index in [9.17, 15) is 0 Å². The fourth-order valence-corrected chi connectivity index (χ4v) is 19.2. The van der Waals surface area contributed by atoms with Gasteiger partial charge in [0.1, 0.15) is 0 Å². The van der Waals surface area contributed by atoms with E-state index in [1.54, 1.807) is 11.1 Å². The number of hydrogen-bond donors (Lipinski definition) is 0. The number of allylic oxidation sites excluding steroid dienone is 16. The lowest BCUT2D eigenvalue weighted by atomic mass is 9.61. The highest BCUT2D eigenvalue weighted by molar-refractivity contribution is 6.12. The monoisotopic (exact) mass is 1180 g/mol. The van der Waals surface area contributed by atoms with Gasteiger partial charge in [0.05, 0.1) is 27.3 Å². The summed E-state index contributed by atoms with van der Waals surface area (Å²) < 4.78 is 2.53. The molecule has 1 nitrogen and oxygen atoms in total. The molecular weight excluding hydrogens is 1110 g/mol. The number of benzene rings is 10. The summed E-state index contributed by atoms with van der Waals surface area (Å²) in [6.45, 7) is 8.00. The van der Waals surface area contributed by atoms with Crippen molar-refractivity contribution < 1.29 is 0 Å². The zero-order valence-corrected chi connectivity index (χ0v) is 53.0. The molecule has 2 atom stereocenters. The van der Waals surface area contributed by atoms with Gasteiger partial charge in [-0.2, -0.15) is 0 Å². The van der Waals surface area contributed by atoms with Crippen LogP contribution in [-0.4, -0.2) is 4.57 Å². The van der Waals surface area contributed by atoms with Crippen LogP contribution in [0.15, 0.2) is 301 Å². The van der Waals surface area contributed by atoms with E-state index in [-0.39, 0.29) is 16.7 Å². The molecule has 20 rings (SSSR count). The highest BCUT2D eigenvalue weighted by Gasteiger charge is 2.56. The molecule has 0 radical (unpaired) electrons. The second kappa shape index (κ2) is 21.0. The molecule has 92 heavy (non-hydrogen) atoms. The van der Waals surface area contributed by atoms with Crippen molar-refractivity contribution in [2.45, 2.75) is 94.8 Å². The molecule has 0 amide bonds. The molecule has 11 aromatic rings. The van der Waals surface area contributed by atoms with Crippen LogP contribution in [0, 0.1) is 0 Å². The third-order valence-electron chi connectivity index (χ3n) is 22.4. The summed E-state index contributed by atoms with van der Waals surface area (Å²) in [4.78, 5) is 0. The Morgan fingerprint density at radius 2 is 0.957 bits per heavy atom. The Bertz CT molecular complexity index is 5150. The van der Waals surface area contributed by atoms with Crippen LogP contribution in [0.3, 0.4) is 0 Å². The van der Waals surface area contributed by atoms with Crippen LogP contribution in [0.5, 0.6) is 0 Å². The standard InChI is InChI=1S/C87H61N.2C2H6/c1-2-22-58(23-3-1)88-81-43-19-11-29-66(81)70-52-69-65-28-8-12-34-71(65)85(80(69)53-82(70)88,56-48-44-54(45-49-56)59-32-20-41-78-83(59)67-30-9-17-39-76(67)86(78)72-35-13-4-24-61(72)62-25-5-14-36-73(62)86)57-50-46-55(47-51-57)60-33-21-42-79-84(60)68-31-10-18-40-77(68)87(79)74-37-15-6-26-63(74)64-27-7-16-38-75(64)87;2*1-2/h1-9,11,13-30,32-33,35-44,46,48,50-53,55H,10,12,31,34,45,47,49H2;2*1-2H3. The van der Waals surface area contributed by atoms with Gasteiger partial charge in [-0.25, -0.2) is 0 Å². The van der Waals surface area contributed by atoms with Gasteiger partial charge in [-0.3, -0.25) is 0 Å². The van der Waals surface area contributed by atoms with Gasteiger partial charge >= 0.3 is 0 Å². The van der Waals surface area contributed by atoms with Crippen molar-refractivity contribution in [3.8, 4) is 39.1 Å². The first kappa shape index (κ1) is 54.8. The average Bonchev–Trinajstić information content (AvgIpc) is 1.52. The van der Waals surface area contributed by atoms with E-state index in [2.05, 4.69) is 284 Å². The smallest absolute Gasteiger partial charge is 0.0725 e. The van der Waals surface area contributed by atoms with Gasteiger partial charge in [-0.15, -0.1) is 0 Å². The Labute approximate surface area is 541 Å². The molecule has 9 aliphatic carbocycles. The lowest BCUT2D eigenvalue weighted by Gasteiger charge is -2.41. The summed E-state index contributed by atoms with van der Waals surface area (Å²) in [5, 5.41) is 2.61. The van der Waals surface area contributed by atoms with E-state index in [1.165, 1.54) is 156 Å². The van der Waals surface area contributed by atoms with Gasteiger partial charge in [-0.1, -0.05) is 282 Å². The molecular formula is C91H73N. The lowest BCUT2D eigenvalue weighted by Crippen LogP contribution is -2.33. The van der Waals surface area contributed by atoms with Crippen LogP contribution < -0.4 is 0 Å². The molecule has 0 bridgehead atoms. The minimum absolute atomic E-state index is 0.220. The lowest BCUT2D eigenvalue weighted by molar-refractivity contribution is 0.635. The molecule has 0 fully saturated rings. The highest BCUT2D eigenvalue weighted by atomic mass is 15.0. The summed E-state index contributed by atoms with van der Waals surface area (Å²) in [6.07, 6.45) is 30.0. The molecule has 1 heteroatoms. The second-order valence-electron chi connectivity index (χ2n) is 26.0. The van der Waals surface area contributed by atoms with Crippen LogP contribution in [0.1, 0.15) is 145 Å². The third kappa shape index (κ3) is 7.04. The van der Waals surface area contributed by atoms with Gasteiger partial charge in [0.25, 0.3) is 0 Å². The molecule has 0 aliphatic heterocycles. The van der Waals surface area contributed by atoms with Gasteiger partial charge in [-0.05, 0) is 209 Å². The second-order valence-corrected chi connectivity index (χ2v) is 26.0. The Morgan fingerprint density at radius 3 is 1.62 bits per heavy atom. The normalized spacial score (nSPS) is 19.5. The van der Waals surface area contributed by atoms with Crippen molar-refractivity contribution in [2.75, 3.05) is 0 Å². The molecule has 0 saturated heterocycles. The maximum absolute atomic E-state index is 2.71. The summed E-state index contributed by atoms with van der Waals surface area (Å²) in [5.74, 6) is 0.220. The number of fused-ring (bicyclic) bond motifs is 24. The van der Waals surface area contributed by atoms with Crippen molar-refractivity contribution >= 4 is 38.5 Å². The predicted molar refractivity (Wildman–Crippen MR) is 387 cm³/mol. The topological polar surface area (TPSA) is 4.93 Å². The van der Waals surface area contributed by atoms with Gasteiger partial charge < -0.3 is 4.57 Å². The van der Waals surface area contributed by atoms with Gasteiger partial charge in [0.2, 0.25) is 0 Å². The van der Waals surface area contributed by atoms with Crippen LogP contribution in [0.2, 0.25) is 0 Å². The maximum atomic E-state index is 2.71. The fourth-order valence-electron chi connectivity index (χ4n) is 19.2. The third-order valence-corrected chi connectivity index (χ3v) is 22.4. The van der Waals surface area contributed by atoms with E-state index in [0.717, 1.165) is 44.9 Å². The van der Waals surface area contributed by atoms with E-state index in [1.807, 2.05) is 27.7 Å². The SMILES string of the molecule is C1=CC2=C(CC1)c1c(C3C=CC(C4(C5=CC=C(c6cccc7c6-c6ccccc6C76c7ccccc7-c7ccccc76)CC5)C5=C(C=CCC5)c5cc6c7ccccc7n(-c7ccccc7)c6cc54)=CC3)cccc1C21c2ccccc2-c2ccccc21.CC.CC. The van der Waals surface area contributed by atoms with Gasteiger partial charge in [0.15, 0.2) is 0 Å². The first-order chi connectivity index (χ1) is 45.7. The van der Waals surface area contributed by atoms with Crippen LogP contribution in [0.25, 0.3) is 77.6 Å². The number of aromatic nitrogens is 1. The zero-order valence-electron chi connectivity index (χ0n) is 53.0. The van der Waals surface area contributed by atoms with Crippen molar-refractivity contribution in [1.29, 1.82) is 0 Å². The molecule has 2 spiro atoms. The van der Waals surface area contributed by atoms with Crippen molar-refractivity contribution in [3.63, 3.8) is 0 Å². The molecule has 10 aromatic carbocycles. The minimum Gasteiger partial charge on any atom is -0.309 e. The Balaban J connectivity index is 0.00000154. The van der Waals surface area contributed by atoms with E-state index in [4.69, 9.17) is 0 Å². The quantitative estimate of drug-likeness (QED) is 0.162. The first-order valence-electron chi connectivity index (χ1n) is 34.2. The largest absolute Gasteiger partial charge is 0.309 e. The van der Waals surface area contributed by atoms with E-state index >= 15 is 0 Å². The Morgan fingerprint density at radius 1 is 0.391 bits per heavy atom. The van der Waals surface area contributed by atoms with E-state index in [0.29, 0.717) is 0 Å². The highest BCUT2D eigenvalue weighted by Crippen LogP contribution is 2.67. The number of nitrogens with zero attached hydrogens (tertiary/aromatic N) is 1. The van der Waals surface area contributed by atoms with Crippen molar-refractivity contribution in [3.05, 3.63) is 368 Å². The fraction of sp³-hybridized carbons (Fsp3) is 0.165. The Kier molecular flexibility index (Phi) is 12.5. The Hall–Kier alpha value is -10.1. The molecule has 1 heterocycles. The van der Waals surface area contributed by atoms with E-state index < -0.39 is 5.41 Å². The average molecular weight is 1180 g/mol. The van der Waals surface area contributed by atoms with Crippen molar-refractivity contribution in [1.82, 2.24) is 4.57 Å². The van der Waals surface area contributed by atoms with Gasteiger partial charge in [0, 0.05) is 22.4 Å². The molecule has 9 aliphatic rings. The van der Waals surface area contributed by atoms with Crippen LogP contribution in [0.4, 0.5) is 0 Å². The summed E-state index contributed by atoms with van der Waals surface area (Å²) >= 11 is 0. The zero-order chi connectivity index (χ0) is 61.5. The molecule has 0 N–H and O–H groups in total. The number of hydrogen-bond acceptors (Lipinski definition) is 0. The summed E-state index contributed by atoms with van der Waals surface area (Å²) in [6, 6.07) is 86.2. The molecule has 2 unspecified atom stereocenters. The summed E-state index contributed by atoms with van der Waals surface area (Å²) in [5.41, 5.74) is 38.1. The molecule has 442 valence electrons. The predicted octanol–water partition coefficient (Wildman–Crippen LogP) is 23.4. The van der Waals surface area contributed by atoms with Crippen molar-refractivity contribution in [2.24, 2.45) is 0 Å².